The number of hydrogen-bond acceptors (Lipinski definition) is 3. The standard InChI is InChI=1S/C21H20ClN3OS/c1-4-21(26)25-11-18(16-9-20(22)27-19(16)12-25)15-8-6-5-7-14(15)17-10-24(3)23-13(17)2/h4-10,18H,1,11-12H2,2-3H3/t18-/m0/s1. The molecule has 6 heteroatoms. The predicted molar refractivity (Wildman–Crippen MR) is 110 cm³/mol. The van der Waals surface area contributed by atoms with Crippen molar-refractivity contribution in [2.45, 2.75) is 19.4 Å². The number of benzene rings is 1. The molecule has 27 heavy (non-hydrogen) atoms. The molecule has 2 aromatic heterocycles. The number of carbonyl (C=O) groups excluding carboxylic acids is 1. The van der Waals surface area contributed by atoms with Gasteiger partial charge < -0.3 is 4.90 Å². The van der Waals surface area contributed by atoms with Gasteiger partial charge in [0.2, 0.25) is 5.91 Å². The highest BCUT2D eigenvalue weighted by molar-refractivity contribution is 7.16. The summed E-state index contributed by atoms with van der Waals surface area (Å²) < 4.78 is 2.59. The summed E-state index contributed by atoms with van der Waals surface area (Å²) >= 11 is 7.88. The molecule has 0 fully saturated rings. The Labute approximate surface area is 167 Å². The fraction of sp³-hybridized carbons (Fsp3) is 0.238. The molecule has 1 aliphatic rings. The summed E-state index contributed by atoms with van der Waals surface area (Å²) in [6, 6.07) is 10.4. The zero-order valence-corrected chi connectivity index (χ0v) is 16.8. The van der Waals surface area contributed by atoms with Crippen LogP contribution in [-0.4, -0.2) is 27.1 Å². The second-order valence-electron chi connectivity index (χ2n) is 6.79. The van der Waals surface area contributed by atoms with Crippen molar-refractivity contribution in [3.8, 4) is 11.1 Å². The molecule has 0 unspecified atom stereocenters. The Kier molecular flexibility index (Phi) is 4.66. The van der Waals surface area contributed by atoms with Gasteiger partial charge in [-0.25, -0.2) is 0 Å². The fourth-order valence-electron chi connectivity index (χ4n) is 3.86. The number of aromatic nitrogens is 2. The van der Waals surface area contributed by atoms with Gasteiger partial charge in [-0.05, 0) is 35.8 Å². The topological polar surface area (TPSA) is 38.1 Å². The number of aryl methyl sites for hydroxylation is 2. The van der Waals surface area contributed by atoms with Crippen LogP contribution in [-0.2, 0) is 18.4 Å². The number of halogens is 1. The van der Waals surface area contributed by atoms with Crippen LogP contribution in [0.4, 0.5) is 0 Å². The average Bonchev–Trinajstić information content (AvgIpc) is 3.20. The van der Waals surface area contributed by atoms with Crippen LogP contribution in [0.5, 0.6) is 0 Å². The van der Waals surface area contributed by atoms with E-state index >= 15 is 0 Å². The summed E-state index contributed by atoms with van der Waals surface area (Å²) in [5.74, 6) is 0.0161. The van der Waals surface area contributed by atoms with E-state index in [4.69, 9.17) is 11.6 Å². The monoisotopic (exact) mass is 397 g/mol. The van der Waals surface area contributed by atoms with Gasteiger partial charge >= 0.3 is 0 Å². The highest BCUT2D eigenvalue weighted by Gasteiger charge is 2.32. The third-order valence-electron chi connectivity index (χ3n) is 5.05. The molecule has 0 N–H and O–H groups in total. The van der Waals surface area contributed by atoms with Crippen molar-refractivity contribution in [2.75, 3.05) is 6.54 Å². The molecule has 0 radical (unpaired) electrons. The van der Waals surface area contributed by atoms with E-state index < -0.39 is 0 Å². The van der Waals surface area contributed by atoms with E-state index in [-0.39, 0.29) is 11.8 Å². The molecule has 0 saturated heterocycles. The van der Waals surface area contributed by atoms with E-state index in [1.807, 2.05) is 41.9 Å². The lowest BCUT2D eigenvalue weighted by Gasteiger charge is -2.33. The lowest BCUT2D eigenvalue weighted by Crippen LogP contribution is -2.37. The lowest BCUT2D eigenvalue weighted by atomic mass is 9.84. The summed E-state index contributed by atoms with van der Waals surface area (Å²) in [6.07, 6.45) is 3.43. The van der Waals surface area contributed by atoms with Crippen LogP contribution in [0.3, 0.4) is 0 Å². The lowest BCUT2D eigenvalue weighted by molar-refractivity contribution is -0.127. The molecule has 3 aromatic rings. The Morgan fingerprint density at radius 1 is 1.33 bits per heavy atom. The molecule has 1 aromatic carbocycles. The van der Waals surface area contributed by atoms with Gasteiger partial charge in [-0.15, -0.1) is 11.3 Å². The number of rotatable bonds is 3. The average molecular weight is 398 g/mol. The minimum absolute atomic E-state index is 0.0507. The number of nitrogens with zero attached hydrogens (tertiary/aromatic N) is 3. The molecule has 0 bridgehead atoms. The number of fused-ring (bicyclic) bond motifs is 1. The van der Waals surface area contributed by atoms with Crippen molar-refractivity contribution in [1.82, 2.24) is 14.7 Å². The Bertz CT molecular complexity index is 1040. The first-order valence-corrected chi connectivity index (χ1v) is 9.96. The highest BCUT2D eigenvalue weighted by Crippen LogP contribution is 2.43. The van der Waals surface area contributed by atoms with Gasteiger partial charge in [-0.1, -0.05) is 42.4 Å². The highest BCUT2D eigenvalue weighted by atomic mass is 35.5. The van der Waals surface area contributed by atoms with Crippen molar-refractivity contribution in [3.05, 3.63) is 75.2 Å². The third kappa shape index (κ3) is 3.22. The molecule has 4 nitrogen and oxygen atoms in total. The van der Waals surface area contributed by atoms with Gasteiger partial charge in [0.1, 0.15) is 0 Å². The molecule has 138 valence electrons. The quantitative estimate of drug-likeness (QED) is 0.597. The predicted octanol–water partition coefficient (Wildman–Crippen LogP) is 4.77. The molecule has 0 saturated carbocycles. The zero-order chi connectivity index (χ0) is 19.1. The van der Waals surface area contributed by atoms with Gasteiger partial charge in [0.05, 0.1) is 16.6 Å². The van der Waals surface area contributed by atoms with Crippen LogP contribution in [0.2, 0.25) is 4.34 Å². The van der Waals surface area contributed by atoms with Crippen molar-refractivity contribution in [2.24, 2.45) is 7.05 Å². The first kappa shape index (κ1) is 18.0. The van der Waals surface area contributed by atoms with Crippen molar-refractivity contribution < 1.29 is 4.79 Å². The van der Waals surface area contributed by atoms with Gasteiger partial charge in [0, 0.05) is 36.1 Å². The second-order valence-corrected chi connectivity index (χ2v) is 8.56. The second kappa shape index (κ2) is 6.98. The third-order valence-corrected chi connectivity index (χ3v) is 6.32. The van der Waals surface area contributed by atoms with E-state index in [0.29, 0.717) is 13.1 Å². The van der Waals surface area contributed by atoms with Crippen molar-refractivity contribution >= 4 is 28.8 Å². The summed E-state index contributed by atoms with van der Waals surface area (Å²) in [6.45, 7) is 6.87. The van der Waals surface area contributed by atoms with Gasteiger partial charge in [0.25, 0.3) is 0 Å². The van der Waals surface area contributed by atoms with E-state index in [2.05, 4.69) is 29.9 Å². The summed E-state index contributed by atoms with van der Waals surface area (Å²) in [4.78, 5) is 15.3. The van der Waals surface area contributed by atoms with Gasteiger partial charge in [-0.3, -0.25) is 9.48 Å². The van der Waals surface area contributed by atoms with Crippen LogP contribution < -0.4 is 0 Å². The maximum absolute atomic E-state index is 12.3. The molecule has 1 amide bonds. The van der Waals surface area contributed by atoms with Crippen LogP contribution in [0.25, 0.3) is 11.1 Å². The van der Waals surface area contributed by atoms with Crippen LogP contribution >= 0.6 is 22.9 Å². The van der Waals surface area contributed by atoms with Gasteiger partial charge in [0.15, 0.2) is 0 Å². The summed E-state index contributed by atoms with van der Waals surface area (Å²) in [5.41, 5.74) is 5.65. The molecule has 1 atom stereocenters. The Balaban J connectivity index is 1.86. The molecule has 0 spiro atoms. The van der Waals surface area contributed by atoms with Crippen LogP contribution in [0, 0.1) is 6.92 Å². The first-order chi connectivity index (χ1) is 13.0. The molecule has 0 aliphatic carbocycles. The Morgan fingerprint density at radius 2 is 2.11 bits per heavy atom. The number of carbonyl (C=O) groups is 1. The Morgan fingerprint density at radius 3 is 2.81 bits per heavy atom. The fourth-order valence-corrected chi connectivity index (χ4v) is 5.21. The number of thiophene rings is 1. The first-order valence-electron chi connectivity index (χ1n) is 8.77. The largest absolute Gasteiger partial charge is 0.333 e. The van der Waals surface area contributed by atoms with E-state index in [1.54, 1.807) is 11.3 Å². The number of hydrogen-bond donors (Lipinski definition) is 0. The minimum Gasteiger partial charge on any atom is -0.333 e. The summed E-state index contributed by atoms with van der Waals surface area (Å²) in [5, 5.41) is 4.50. The van der Waals surface area contributed by atoms with Gasteiger partial charge in [-0.2, -0.15) is 5.10 Å². The maximum atomic E-state index is 12.3. The smallest absolute Gasteiger partial charge is 0.246 e. The van der Waals surface area contributed by atoms with E-state index in [9.17, 15) is 4.79 Å². The SMILES string of the molecule is C=CC(=O)N1Cc2sc(Cl)cc2[C@H](c2ccccc2-c2cn(C)nc2C)C1. The molecule has 1 aliphatic heterocycles. The van der Waals surface area contributed by atoms with Crippen LogP contribution in [0.15, 0.2) is 49.2 Å². The Hall–Kier alpha value is -2.37. The maximum Gasteiger partial charge on any atom is 0.246 e. The van der Waals surface area contributed by atoms with Crippen molar-refractivity contribution in [1.29, 1.82) is 0 Å². The van der Waals surface area contributed by atoms with E-state index in [0.717, 1.165) is 26.0 Å². The molecular formula is C21H20ClN3OS. The number of amides is 1. The minimum atomic E-state index is -0.0507. The molecule has 4 rings (SSSR count). The summed E-state index contributed by atoms with van der Waals surface area (Å²) in [7, 11) is 1.93. The molecular weight excluding hydrogens is 378 g/mol. The van der Waals surface area contributed by atoms with E-state index in [1.165, 1.54) is 17.2 Å². The zero-order valence-electron chi connectivity index (χ0n) is 15.3. The van der Waals surface area contributed by atoms with Crippen molar-refractivity contribution in [3.63, 3.8) is 0 Å². The molecule has 3 heterocycles. The van der Waals surface area contributed by atoms with Crippen LogP contribution in [0.1, 0.15) is 27.6 Å². The normalized spacial score (nSPS) is 16.3.